The molecule has 0 radical (unpaired) electrons. The predicted octanol–water partition coefficient (Wildman–Crippen LogP) is 2.57. The zero-order chi connectivity index (χ0) is 18.5. The summed E-state index contributed by atoms with van der Waals surface area (Å²) in [5, 5.41) is 10.1. The first-order valence-corrected chi connectivity index (χ1v) is 8.62. The number of benzene rings is 1. The second-order valence-corrected chi connectivity index (χ2v) is 7.14. The van der Waals surface area contributed by atoms with E-state index in [1.165, 1.54) is 0 Å². The highest BCUT2D eigenvalue weighted by Gasteiger charge is 2.52. The molecule has 2 rings (SSSR count). The number of ether oxygens (including phenoxy) is 2. The quantitative estimate of drug-likeness (QED) is 0.734. The third kappa shape index (κ3) is 3.94. The fourth-order valence-electron chi connectivity index (χ4n) is 3.45. The van der Waals surface area contributed by atoms with Crippen molar-refractivity contribution < 1.29 is 19.4 Å². The number of allylic oxidation sites excluding steroid dienone is 1. The van der Waals surface area contributed by atoms with Crippen molar-refractivity contribution in [2.24, 2.45) is 5.41 Å². The second-order valence-electron chi connectivity index (χ2n) is 7.14. The zero-order valence-corrected chi connectivity index (χ0v) is 15.6. The summed E-state index contributed by atoms with van der Waals surface area (Å²) >= 11 is 0. The van der Waals surface area contributed by atoms with Crippen LogP contribution in [-0.2, 0) is 14.3 Å². The van der Waals surface area contributed by atoms with E-state index in [4.69, 9.17) is 9.47 Å². The van der Waals surface area contributed by atoms with Gasteiger partial charge in [-0.25, -0.2) is 0 Å². The van der Waals surface area contributed by atoms with Crippen LogP contribution in [0.15, 0.2) is 42.5 Å². The number of nitrogens with zero attached hydrogens (tertiary/aromatic N) is 1. The van der Waals surface area contributed by atoms with Gasteiger partial charge >= 0.3 is 0 Å². The lowest BCUT2D eigenvalue weighted by Gasteiger charge is -2.49. The maximum absolute atomic E-state index is 13.6. The monoisotopic (exact) mass is 347 g/mol. The smallest absolute Gasteiger partial charge is 0.237 e. The Balaban J connectivity index is 2.47. The Hall–Kier alpha value is -1.69. The molecule has 138 valence electrons. The maximum atomic E-state index is 13.6. The van der Waals surface area contributed by atoms with E-state index in [1.54, 1.807) is 12.0 Å². The van der Waals surface area contributed by atoms with Gasteiger partial charge in [-0.2, -0.15) is 0 Å². The summed E-state index contributed by atoms with van der Waals surface area (Å²) in [7, 11) is 1.59. The van der Waals surface area contributed by atoms with E-state index in [-0.39, 0.29) is 12.5 Å². The van der Waals surface area contributed by atoms with Crippen molar-refractivity contribution >= 4 is 5.91 Å². The first-order valence-electron chi connectivity index (χ1n) is 8.62. The van der Waals surface area contributed by atoms with Gasteiger partial charge in [0.15, 0.2) is 0 Å². The summed E-state index contributed by atoms with van der Waals surface area (Å²) in [6, 6.07) is 9.20. The molecule has 1 atom stereocenters. The fraction of sp³-hybridized carbons (Fsp3) is 0.550. The van der Waals surface area contributed by atoms with Crippen molar-refractivity contribution in [3.63, 3.8) is 0 Å². The summed E-state index contributed by atoms with van der Waals surface area (Å²) in [5.74, 6) is -0.0494. The van der Waals surface area contributed by atoms with E-state index in [0.29, 0.717) is 19.8 Å². The molecule has 1 aliphatic rings. The molecule has 0 unspecified atom stereocenters. The number of amides is 1. The molecule has 0 spiro atoms. The van der Waals surface area contributed by atoms with Crippen LogP contribution < -0.4 is 0 Å². The van der Waals surface area contributed by atoms with Crippen LogP contribution in [0.2, 0.25) is 0 Å². The van der Waals surface area contributed by atoms with Crippen molar-refractivity contribution in [3.8, 4) is 0 Å². The number of hydrogen-bond acceptors (Lipinski definition) is 4. The summed E-state index contributed by atoms with van der Waals surface area (Å²) in [5.41, 5.74) is -0.343. The van der Waals surface area contributed by atoms with Crippen LogP contribution in [0.4, 0.5) is 0 Å². The molecule has 1 heterocycles. The van der Waals surface area contributed by atoms with E-state index in [1.807, 2.05) is 63.3 Å². The van der Waals surface area contributed by atoms with Crippen molar-refractivity contribution in [1.29, 1.82) is 0 Å². The Bertz CT molecular complexity index is 593. The molecule has 1 aromatic rings. The highest BCUT2D eigenvalue weighted by Crippen LogP contribution is 2.38. The number of aliphatic hydroxyl groups is 1. The van der Waals surface area contributed by atoms with E-state index in [0.717, 1.165) is 5.56 Å². The van der Waals surface area contributed by atoms with E-state index in [2.05, 4.69) is 0 Å². The van der Waals surface area contributed by atoms with Crippen molar-refractivity contribution in [2.45, 2.75) is 32.4 Å². The minimum absolute atomic E-state index is 0.0494. The summed E-state index contributed by atoms with van der Waals surface area (Å²) < 4.78 is 10.6. The Kier molecular flexibility index (Phi) is 6.38. The summed E-state index contributed by atoms with van der Waals surface area (Å²) in [6.07, 6.45) is 3.91. The molecule has 1 aromatic carbocycles. The van der Waals surface area contributed by atoms with Crippen molar-refractivity contribution in [3.05, 3.63) is 48.0 Å². The number of rotatable bonds is 8. The normalized spacial score (nSPS) is 18.0. The molecule has 1 fully saturated rings. The van der Waals surface area contributed by atoms with Gasteiger partial charge in [-0.15, -0.1) is 0 Å². The van der Waals surface area contributed by atoms with Gasteiger partial charge in [0, 0.05) is 7.11 Å². The lowest BCUT2D eigenvalue weighted by atomic mass is 9.82. The topological polar surface area (TPSA) is 59.0 Å². The minimum atomic E-state index is -0.685. The van der Waals surface area contributed by atoms with Crippen LogP contribution in [0.1, 0.15) is 32.4 Å². The van der Waals surface area contributed by atoms with Crippen LogP contribution in [0.5, 0.6) is 0 Å². The molecule has 0 saturated carbocycles. The van der Waals surface area contributed by atoms with Crippen LogP contribution in [-0.4, -0.2) is 55.0 Å². The molecule has 1 N–H and O–H groups in total. The molecule has 0 aromatic heterocycles. The van der Waals surface area contributed by atoms with E-state index in [9.17, 15) is 9.90 Å². The minimum Gasteiger partial charge on any atom is -0.394 e. The Morgan fingerprint density at radius 3 is 2.48 bits per heavy atom. The number of hydrogen-bond donors (Lipinski definition) is 1. The SMILES string of the molecule is C/C=C\C(C)(C)N(C(=O)C1(COC)COC1)[C@H](CO)c1ccccc1. The van der Waals surface area contributed by atoms with Gasteiger partial charge in [0.2, 0.25) is 5.91 Å². The van der Waals surface area contributed by atoms with Gasteiger partial charge in [0.1, 0.15) is 5.41 Å². The van der Waals surface area contributed by atoms with E-state index < -0.39 is 17.0 Å². The number of carbonyl (C=O) groups excluding carboxylic acids is 1. The van der Waals surface area contributed by atoms with Crippen molar-refractivity contribution in [1.82, 2.24) is 4.90 Å². The first kappa shape index (κ1) is 19.6. The van der Waals surface area contributed by atoms with Gasteiger partial charge < -0.3 is 19.5 Å². The van der Waals surface area contributed by atoms with Gasteiger partial charge in [-0.3, -0.25) is 4.79 Å². The number of methoxy groups -OCH3 is 1. The number of carbonyl (C=O) groups is 1. The van der Waals surface area contributed by atoms with Gasteiger partial charge in [-0.1, -0.05) is 42.5 Å². The van der Waals surface area contributed by atoms with Crippen LogP contribution in [0.3, 0.4) is 0 Å². The molecule has 5 heteroatoms. The molecule has 1 amide bonds. The molecule has 5 nitrogen and oxygen atoms in total. The average Bonchev–Trinajstić information content (AvgIpc) is 2.55. The standard InChI is InChI=1S/C20H29NO4/c1-5-11-19(2,3)21(17(12-22)16-9-7-6-8-10-16)18(23)20(13-24-4)14-25-15-20/h5-11,17,22H,12-15H2,1-4H3/b11-5-/t17-/m1/s1. The Labute approximate surface area is 150 Å². The molecule has 0 aliphatic carbocycles. The summed E-state index contributed by atoms with van der Waals surface area (Å²) in [4.78, 5) is 15.3. The zero-order valence-electron chi connectivity index (χ0n) is 15.6. The lowest BCUT2D eigenvalue weighted by molar-refractivity contribution is -0.190. The number of aliphatic hydroxyl groups excluding tert-OH is 1. The lowest BCUT2D eigenvalue weighted by Crippen LogP contribution is -2.62. The molecule has 25 heavy (non-hydrogen) atoms. The predicted molar refractivity (Wildman–Crippen MR) is 97.1 cm³/mol. The highest BCUT2D eigenvalue weighted by atomic mass is 16.5. The molecular formula is C20H29NO4. The van der Waals surface area contributed by atoms with Crippen LogP contribution >= 0.6 is 0 Å². The van der Waals surface area contributed by atoms with Crippen LogP contribution in [0, 0.1) is 5.41 Å². The average molecular weight is 347 g/mol. The van der Waals surface area contributed by atoms with Gasteiger partial charge in [0.25, 0.3) is 0 Å². The maximum Gasteiger partial charge on any atom is 0.237 e. The Morgan fingerprint density at radius 1 is 1.40 bits per heavy atom. The Morgan fingerprint density at radius 2 is 2.04 bits per heavy atom. The summed E-state index contributed by atoms with van der Waals surface area (Å²) in [6.45, 7) is 6.73. The molecule has 0 bridgehead atoms. The van der Waals surface area contributed by atoms with Crippen LogP contribution in [0.25, 0.3) is 0 Å². The molecular weight excluding hydrogens is 318 g/mol. The largest absolute Gasteiger partial charge is 0.394 e. The second kappa shape index (κ2) is 8.13. The van der Waals surface area contributed by atoms with Crippen molar-refractivity contribution in [2.75, 3.05) is 33.5 Å². The highest BCUT2D eigenvalue weighted by molar-refractivity contribution is 5.85. The third-order valence-electron chi connectivity index (χ3n) is 4.71. The fourth-order valence-corrected chi connectivity index (χ4v) is 3.45. The third-order valence-corrected chi connectivity index (χ3v) is 4.71. The van der Waals surface area contributed by atoms with E-state index >= 15 is 0 Å². The molecule has 1 aliphatic heterocycles. The first-order chi connectivity index (χ1) is 11.9. The molecule has 1 saturated heterocycles. The van der Waals surface area contributed by atoms with Gasteiger partial charge in [-0.05, 0) is 26.3 Å². The van der Waals surface area contributed by atoms with Gasteiger partial charge in [0.05, 0.1) is 38.0 Å².